The van der Waals surface area contributed by atoms with Gasteiger partial charge in [-0.25, -0.2) is 12.7 Å². The quantitative estimate of drug-likeness (QED) is 0.831. The molecule has 0 aromatic heterocycles. The van der Waals surface area contributed by atoms with Crippen molar-refractivity contribution in [1.82, 2.24) is 9.21 Å². The predicted octanol–water partition coefficient (Wildman–Crippen LogP) is 1.75. The van der Waals surface area contributed by atoms with E-state index in [0.717, 1.165) is 37.9 Å². The lowest BCUT2D eigenvalue weighted by Gasteiger charge is -2.33. The van der Waals surface area contributed by atoms with E-state index in [9.17, 15) is 13.2 Å². The van der Waals surface area contributed by atoms with E-state index in [1.54, 1.807) is 4.31 Å². The van der Waals surface area contributed by atoms with Crippen molar-refractivity contribution in [2.75, 3.05) is 32.4 Å². The average Bonchev–Trinajstić information content (AvgIpc) is 3.05. The maximum absolute atomic E-state index is 12.5. The first-order chi connectivity index (χ1) is 11.4. The highest BCUT2D eigenvalue weighted by Gasteiger charge is 2.35. The summed E-state index contributed by atoms with van der Waals surface area (Å²) in [7, 11) is -3.06. The lowest BCUT2D eigenvalue weighted by molar-refractivity contribution is -0.129. The first kappa shape index (κ1) is 17.4. The third kappa shape index (κ3) is 4.16. The van der Waals surface area contributed by atoms with Crippen molar-refractivity contribution in [2.24, 2.45) is 11.8 Å². The predicted molar refractivity (Wildman–Crippen MR) is 94.0 cm³/mol. The lowest BCUT2D eigenvalue weighted by atomic mass is 9.84. The van der Waals surface area contributed by atoms with Gasteiger partial charge in [-0.15, -0.1) is 0 Å². The van der Waals surface area contributed by atoms with E-state index in [2.05, 4.69) is 0 Å². The number of sulfonamides is 1. The number of likely N-dealkylation sites (tertiary alicyclic amines) is 1. The van der Waals surface area contributed by atoms with E-state index in [4.69, 9.17) is 0 Å². The van der Waals surface area contributed by atoms with Gasteiger partial charge in [0, 0.05) is 26.2 Å². The molecule has 2 fully saturated rings. The van der Waals surface area contributed by atoms with Crippen LogP contribution in [0.5, 0.6) is 0 Å². The number of nitrogens with zero attached hydrogens (tertiary/aromatic N) is 2. The summed E-state index contributed by atoms with van der Waals surface area (Å²) in [5.41, 5.74) is 1.06. The molecule has 0 radical (unpaired) electrons. The minimum Gasteiger partial charge on any atom is -0.342 e. The van der Waals surface area contributed by atoms with Crippen LogP contribution in [0, 0.1) is 11.8 Å². The molecule has 1 aromatic rings. The van der Waals surface area contributed by atoms with Crippen molar-refractivity contribution >= 4 is 15.9 Å². The van der Waals surface area contributed by atoms with Crippen LogP contribution in [0.1, 0.15) is 24.8 Å². The Kier molecular flexibility index (Phi) is 5.25. The third-order valence-electron chi connectivity index (χ3n) is 5.41. The molecule has 2 saturated heterocycles. The topological polar surface area (TPSA) is 57.7 Å². The molecule has 2 heterocycles. The van der Waals surface area contributed by atoms with Gasteiger partial charge in [-0.05, 0) is 36.7 Å². The Hall–Kier alpha value is -1.40. The van der Waals surface area contributed by atoms with Gasteiger partial charge in [-0.3, -0.25) is 4.79 Å². The molecule has 1 atom stereocenters. The first-order valence-corrected chi connectivity index (χ1v) is 10.5. The average molecular weight is 350 g/mol. The second-order valence-corrected chi connectivity index (χ2v) is 9.03. The third-order valence-corrected chi connectivity index (χ3v) is 6.71. The number of amides is 1. The van der Waals surface area contributed by atoms with Gasteiger partial charge in [0.05, 0.1) is 12.7 Å². The fraction of sp³-hybridized carbons (Fsp3) is 0.611. The van der Waals surface area contributed by atoms with Crippen molar-refractivity contribution in [3.63, 3.8) is 0 Å². The van der Waals surface area contributed by atoms with E-state index in [1.807, 2.05) is 35.2 Å². The Bertz CT molecular complexity index is 667. The number of carbonyl (C=O) groups is 1. The van der Waals surface area contributed by atoms with Crippen LogP contribution in [0.15, 0.2) is 30.3 Å². The molecule has 6 heteroatoms. The van der Waals surface area contributed by atoms with Crippen LogP contribution in [0.2, 0.25) is 0 Å². The molecular formula is C18H26N2O3S. The molecular weight excluding hydrogens is 324 g/mol. The summed E-state index contributed by atoms with van der Waals surface area (Å²) in [5.74, 6) is 1.27. The van der Waals surface area contributed by atoms with Crippen LogP contribution in [-0.2, 0) is 21.2 Å². The van der Waals surface area contributed by atoms with Gasteiger partial charge in [0.1, 0.15) is 0 Å². The van der Waals surface area contributed by atoms with Crippen molar-refractivity contribution in [3.05, 3.63) is 35.9 Å². The molecule has 1 amide bonds. The number of piperidine rings is 1. The van der Waals surface area contributed by atoms with Gasteiger partial charge < -0.3 is 4.90 Å². The molecule has 0 saturated carbocycles. The molecule has 3 rings (SSSR count). The molecule has 132 valence electrons. The maximum atomic E-state index is 12.5. The highest BCUT2D eigenvalue weighted by molar-refractivity contribution is 7.88. The summed E-state index contributed by atoms with van der Waals surface area (Å²) < 4.78 is 24.8. The summed E-state index contributed by atoms with van der Waals surface area (Å²) in [6.07, 6.45) is 4.63. The van der Waals surface area contributed by atoms with Crippen molar-refractivity contribution in [2.45, 2.75) is 25.7 Å². The van der Waals surface area contributed by atoms with Crippen molar-refractivity contribution < 1.29 is 13.2 Å². The fourth-order valence-electron chi connectivity index (χ4n) is 3.96. The van der Waals surface area contributed by atoms with E-state index in [0.29, 0.717) is 31.3 Å². The highest BCUT2D eigenvalue weighted by Crippen LogP contribution is 2.32. The molecule has 0 bridgehead atoms. The second-order valence-electron chi connectivity index (χ2n) is 7.05. The summed E-state index contributed by atoms with van der Waals surface area (Å²) >= 11 is 0. The van der Waals surface area contributed by atoms with Crippen molar-refractivity contribution in [3.8, 4) is 0 Å². The molecule has 0 spiro atoms. The second kappa shape index (κ2) is 7.23. The van der Waals surface area contributed by atoms with Crippen LogP contribution in [0.4, 0.5) is 0 Å². The first-order valence-electron chi connectivity index (χ1n) is 8.70. The molecule has 24 heavy (non-hydrogen) atoms. The minimum atomic E-state index is -3.06. The summed E-state index contributed by atoms with van der Waals surface area (Å²) in [5, 5.41) is 0. The molecule has 0 aliphatic carbocycles. The Morgan fingerprint density at radius 2 is 1.67 bits per heavy atom. The maximum Gasteiger partial charge on any atom is 0.226 e. The number of hydrogen-bond acceptors (Lipinski definition) is 3. The molecule has 2 aliphatic rings. The molecule has 1 unspecified atom stereocenters. The zero-order chi connectivity index (χ0) is 17.2. The Morgan fingerprint density at radius 1 is 1.04 bits per heavy atom. The number of carbonyl (C=O) groups excluding carboxylic acids is 1. The minimum absolute atomic E-state index is 0.206. The summed E-state index contributed by atoms with van der Waals surface area (Å²) in [4.78, 5) is 14.5. The molecule has 2 aliphatic heterocycles. The van der Waals surface area contributed by atoms with Gasteiger partial charge >= 0.3 is 0 Å². The normalized spacial score (nSPS) is 23.5. The van der Waals surface area contributed by atoms with E-state index < -0.39 is 10.0 Å². The molecule has 1 aromatic carbocycles. The van der Waals surface area contributed by atoms with E-state index >= 15 is 0 Å². The fourth-order valence-corrected chi connectivity index (χ4v) is 4.83. The van der Waals surface area contributed by atoms with Gasteiger partial charge in [-0.2, -0.15) is 0 Å². The standard InChI is InChI=1S/C18H26N2O3S/c1-24(22,23)20-11-8-16(9-12-20)17-7-10-19(14-17)18(21)13-15-5-3-2-4-6-15/h2-6,16-17H,7-14H2,1H3. The molecule has 0 N–H and O–H groups in total. The molecule has 5 nitrogen and oxygen atoms in total. The summed E-state index contributed by atoms with van der Waals surface area (Å²) in [6, 6.07) is 9.87. The summed E-state index contributed by atoms with van der Waals surface area (Å²) in [6.45, 7) is 2.91. The van der Waals surface area contributed by atoms with Gasteiger partial charge in [0.2, 0.25) is 15.9 Å². The van der Waals surface area contributed by atoms with Crippen LogP contribution < -0.4 is 0 Å². The SMILES string of the molecule is CS(=O)(=O)N1CCC(C2CCN(C(=O)Cc3ccccc3)C2)CC1. The van der Waals surface area contributed by atoms with Crippen LogP contribution >= 0.6 is 0 Å². The number of rotatable bonds is 4. The Balaban J connectivity index is 1.50. The largest absolute Gasteiger partial charge is 0.342 e. The Morgan fingerprint density at radius 3 is 2.29 bits per heavy atom. The van der Waals surface area contributed by atoms with Crippen molar-refractivity contribution in [1.29, 1.82) is 0 Å². The van der Waals surface area contributed by atoms with Gasteiger partial charge in [-0.1, -0.05) is 30.3 Å². The smallest absolute Gasteiger partial charge is 0.226 e. The van der Waals surface area contributed by atoms with Crippen LogP contribution in [0.3, 0.4) is 0 Å². The number of hydrogen-bond donors (Lipinski definition) is 0. The van der Waals surface area contributed by atoms with Crippen LogP contribution in [-0.4, -0.2) is 56.0 Å². The van der Waals surface area contributed by atoms with E-state index in [-0.39, 0.29) is 5.91 Å². The Labute approximate surface area is 144 Å². The number of benzene rings is 1. The lowest BCUT2D eigenvalue weighted by Crippen LogP contribution is -2.40. The van der Waals surface area contributed by atoms with Crippen LogP contribution in [0.25, 0.3) is 0 Å². The van der Waals surface area contributed by atoms with Gasteiger partial charge in [0.15, 0.2) is 0 Å². The monoisotopic (exact) mass is 350 g/mol. The zero-order valence-electron chi connectivity index (χ0n) is 14.2. The van der Waals surface area contributed by atoms with E-state index in [1.165, 1.54) is 6.26 Å². The highest BCUT2D eigenvalue weighted by atomic mass is 32.2. The zero-order valence-corrected chi connectivity index (χ0v) is 15.0. The van der Waals surface area contributed by atoms with Gasteiger partial charge in [0.25, 0.3) is 0 Å².